The number of hydrogen-bond acceptors (Lipinski definition) is 4. The maximum absolute atomic E-state index is 13.5. The number of rotatable bonds is 4. The van der Waals surface area contributed by atoms with Crippen molar-refractivity contribution in [2.24, 2.45) is 0 Å². The lowest BCUT2D eigenvalue weighted by atomic mass is 10.2. The van der Waals surface area contributed by atoms with Gasteiger partial charge in [0, 0.05) is 19.6 Å². The van der Waals surface area contributed by atoms with E-state index in [9.17, 15) is 12.8 Å². The first-order valence-electron chi connectivity index (χ1n) is 6.35. The topological polar surface area (TPSA) is 73.2 Å². The van der Waals surface area contributed by atoms with Crippen LogP contribution in [-0.4, -0.2) is 38.9 Å². The van der Waals surface area contributed by atoms with Crippen LogP contribution in [0.2, 0.25) is 0 Å². The molecular weight excluding hydrogens is 281 g/mol. The van der Waals surface area contributed by atoms with Crippen LogP contribution in [0.15, 0.2) is 23.1 Å². The van der Waals surface area contributed by atoms with E-state index in [-0.39, 0.29) is 10.9 Å². The molecule has 20 heavy (non-hydrogen) atoms. The SMILES string of the molecule is CN(CC1CCCN1)S(=O)(=O)c1cccc(F)c1C#N. The average Bonchev–Trinajstić information content (AvgIpc) is 2.91. The number of nitrogens with one attached hydrogen (secondary N) is 1. The fourth-order valence-electron chi connectivity index (χ4n) is 2.32. The second kappa shape index (κ2) is 5.87. The van der Waals surface area contributed by atoms with Crippen molar-refractivity contribution in [2.75, 3.05) is 20.1 Å². The highest BCUT2D eigenvalue weighted by molar-refractivity contribution is 7.89. The molecule has 0 spiro atoms. The third-order valence-corrected chi connectivity index (χ3v) is 5.28. The van der Waals surface area contributed by atoms with Crippen LogP contribution in [0.3, 0.4) is 0 Å². The van der Waals surface area contributed by atoms with Gasteiger partial charge in [-0.3, -0.25) is 0 Å². The van der Waals surface area contributed by atoms with Crippen molar-refractivity contribution in [3.8, 4) is 6.07 Å². The highest BCUT2D eigenvalue weighted by atomic mass is 32.2. The lowest BCUT2D eigenvalue weighted by Crippen LogP contribution is -2.38. The summed E-state index contributed by atoms with van der Waals surface area (Å²) in [7, 11) is -2.42. The number of likely N-dealkylation sites (N-methyl/N-ethyl adjacent to an activating group) is 1. The van der Waals surface area contributed by atoms with Crippen LogP contribution in [0.25, 0.3) is 0 Å². The molecule has 7 heteroatoms. The van der Waals surface area contributed by atoms with E-state index < -0.39 is 21.4 Å². The minimum absolute atomic E-state index is 0.105. The van der Waals surface area contributed by atoms with E-state index >= 15 is 0 Å². The second-order valence-corrected chi connectivity index (χ2v) is 6.82. The summed E-state index contributed by atoms with van der Waals surface area (Å²) in [6.45, 7) is 1.19. The monoisotopic (exact) mass is 297 g/mol. The van der Waals surface area contributed by atoms with Gasteiger partial charge in [0.25, 0.3) is 0 Å². The normalized spacial score (nSPS) is 19.2. The Morgan fingerprint density at radius 3 is 2.90 bits per heavy atom. The third-order valence-electron chi connectivity index (χ3n) is 3.42. The molecule has 0 saturated carbocycles. The van der Waals surface area contributed by atoms with Crippen molar-refractivity contribution in [1.29, 1.82) is 5.26 Å². The van der Waals surface area contributed by atoms with Crippen molar-refractivity contribution < 1.29 is 12.8 Å². The van der Waals surface area contributed by atoms with Gasteiger partial charge in [0.2, 0.25) is 10.0 Å². The summed E-state index contributed by atoms with van der Waals surface area (Å²) in [5.74, 6) is -0.819. The Hall–Kier alpha value is -1.49. The molecule has 2 rings (SSSR count). The number of hydrogen-bond donors (Lipinski definition) is 1. The first kappa shape index (κ1) is 14.9. The first-order valence-corrected chi connectivity index (χ1v) is 7.79. The Morgan fingerprint density at radius 1 is 1.55 bits per heavy atom. The molecule has 1 aromatic carbocycles. The van der Waals surface area contributed by atoms with Gasteiger partial charge in [-0.05, 0) is 31.5 Å². The maximum Gasteiger partial charge on any atom is 0.244 e. The van der Waals surface area contributed by atoms with Crippen LogP contribution in [0.1, 0.15) is 18.4 Å². The summed E-state index contributed by atoms with van der Waals surface area (Å²) in [4.78, 5) is -0.277. The Morgan fingerprint density at radius 2 is 2.30 bits per heavy atom. The summed E-state index contributed by atoms with van der Waals surface area (Å²) < 4.78 is 39.6. The zero-order valence-corrected chi connectivity index (χ0v) is 12.0. The molecule has 1 N–H and O–H groups in total. The molecule has 1 fully saturated rings. The van der Waals surface area contributed by atoms with Crippen molar-refractivity contribution in [3.05, 3.63) is 29.6 Å². The Bertz CT molecular complexity index is 634. The fourth-order valence-corrected chi connectivity index (χ4v) is 3.68. The van der Waals surface area contributed by atoms with E-state index in [2.05, 4.69) is 5.32 Å². The molecule has 0 bridgehead atoms. The number of halogens is 1. The van der Waals surface area contributed by atoms with Gasteiger partial charge in [-0.25, -0.2) is 12.8 Å². The number of nitriles is 1. The smallest absolute Gasteiger partial charge is 0.244 e. The van der Waals surface area contributed by atoms with Crippen molar-refractivity contribution in [3.63, 3.8) is 0 Å². The Labute approximate surface area is 118 Å². The molecular formula is C13H16FN3O2S. The predicted octanol–water partition coefficient (Wildman–Crippen LogP) is 1.07. The summed E-state index contributed by atoms with van der Waals surface area (Å²) in [5.41, 5.74) is -0.432. The predicted molar refractivity (Wildman–Crippen MR) is 72.0 cm³/mol. The molecule has 0 aromatic heterocycles. The largest absolute Gasteiger partial charge is 0.313 e. The highest BCUT2D eigenvalue weighted by Crippen LogP contribution is 2.22. The van der Waals surface area contributed by atoms with Crippen LogP contribution in [-0.2, 0) is 10.0 Å². The molecule has 1 atom stereocenters. The minimum atomic E-state index is -3.86. The quantitative estimate of drug-likeness (QED) is 0.902. The molecule has 1 aromatic rings. The standard InChI is InChI=1S/C13H16FN3O2S/c1-17(9-10-4-3-7-16-10)20(18,19)13-6-2-5-12(14)11(13)8-15/h2,5-6,10,16H,3-4,7,9H2,1H3. The maximum atomic E-state index is 13.5. The van der Waals surface area contributed by atoms with Crippen LogP contribution in [0, 0.1) is 17.1 Å². The molecule has 108 valence electrons. The molecule has 0 radical (unpaired) electrons. The number of nitrogens with zero attached hydrogens (tertiary/aromatic N) is 2. The third kappa shape index (κ3) is 2.82. The van der Waals surface area contributed by atoms with Gasteiger partial charge in [-0.15, -0.1) is 0 Å². The molecule has 1 aliphatic heterocycles. The van der Waals surface area contributed by atoms with Gasteiger partial charge in [-0.1, -0.05) is 6.07 Å². The first-order chi connectivity index (χ1) is 9.46. The molecule has 1 aliphatic rings. The van der Waals surface area contributed by atoms with Gasteiger partial charge in [0.15, 0.2) is 0 Å². The fraction of sp³-hybridized carbons (Fsp3) is 0.462. The van der Waals surface area contributed by atoms with E-state index in [4.69, 9.17) is 5.26 Å². The zero-order chi connectivity index (χ0) is 14.8. The lowest BCUT2D eigenvalue weighted by Gasteiger charge is -2.21. The molecule has 5 nitrogen and oxygen atoms in total. The molecule has 0 aliphatic carbocycles. The highest BCUT2D eigenvalue weighted by Gasteiger charge is 2.28. The summed E-state index contributed by atoms with van der Waals surface area (Å²) in [5, 5.41) is 12.1. The number of sulfonamides is 1. The van der Waals surface area contributed by atoms with E-state index in [1.165, 1.54) is 23.5 Å². The van der Waals surface area contributed by atoms with Crippen LogP contribution < -0.4 is 5.32 Å². The minimum Gasteiger partial charge on any atom is -0.313 e. The van der Waals surface area contributed by atoms with E-state index in [1.54, 1.807) is 6.07 Å². The van der Waals surface area contributed by atoms with Gasteiger partial charge < -0.3 is 5.32 Å². The van der Waals surface area contributed by atoms with Crippen molar-refractivity contribution in [1.82, 2.24) is 9.62 Å². The summed E-state index contributed by atoms with van der Waals surface area (Å²) in [6, 6.07) is 5.36. The van der Waals surface area contributed by atoms with Crippen molar-refractivity contribution >= 4 is 10.0 Å². The Kier molecular flexibility index (Phi) is 4.38. The Balaban J connectivity index is 2.30. The molecule has 1 unspecified atom stereocenters. The average molecular weight is 297 g/mol. The molecule has 1 heterocycles. The summed E-state index contributed by atoms with van der Waals surface area (Å²) >= 11 is 0. The van der Waals surface area contributed by atoms with Crippen LogP contribution in [0.5, 0.6) is 0 Å². The van der Waals surface area contributed by atoms with Gasteiger partial charge in [-0.2, -0.15) is 9.57 Å². The van der Waals surface area contributed by atoms with Gasteiger partial charge in [0.1, 0.15) is 22.3 Å². The van der Waals surface area contributed by atoms with Gasteiger partial charge in [0.05, 0.1) is 0 Å². The molecule has 0 amide bonds. The lowest BCUT2D eigenvalue weighted by molar-refractivity contribution is 0.417. The zero-order valence-electron chi connectivity index (χ0n) is 11.1. The van der Waals surface area contributed by atoms with Crippen LogP contribution >= 0.6 is 0 Å². The van der Waals surface area contributed by atoms with E-state index in [0.29, 0.717) is 6.54 Å². The second-order valence-electron chi connectivity index (χ2n) is 4.80. The van der Waals surface area contributed by atoms with Gasteiger partial charge >= 0.3 is 0 Å². The molecule has 1 saturated heterocycles. The van der Waals surface area contributed by atoms with E-state index in [1.807, 2.05) is 0 Å². The van der Waals surface area contributed by atoms with E-state index in [0.717, 1.165) is 25.5 Å². The summed E-state index contributed by atoms with van der Waals surface area (Å²) in [6.07, 6.45) is 1.93. The number of benzene rings is 1. The van der Waals surface area contributed by atoms with Crippen LogP contribution in [0.4, 0.5) is 4.39 Å². The van der Waals surface area contributed by atoms with Crippen molar-refractivity contribution in [2.45, 2.75) is 23.8 Å².